The summed E-state index contributed by atoms with van der Waals surface area (Å²) in [5.41, 5.74) is -5.25. The Morgan fingerprint density at radius 1 is 1.25 bits per heavy atom. The van der Waals surface area contributed by atoms with E-state index in [0.29, 0.717) is 16.5 Å². The number of thioether (sulfide) groups is 1. The third-order valence-electron chi connectivity index (χ3n) is 4.64. The molecular weight excluding hydrogens is 369 g/mol. The number of ether oxygens (including phenoxy) is 1. The first-order chi connectivity index (χ1) is 11.1. The third-order valence-corrected chi connectivity index (χ3v) is 7.74. The van der Waals surface area contributed by atoms with E-state index in [2.05, 4.69) is 0 Å². The number of halogens is 3. The first-order valence-corrected chi connectivity index (χ1v) is 10.2. The third kappa shape index (κ3) is 3.40. The van der Waals surface area contributed by atoms with Crippen LogP contribution in [-0.2, 0) is 19.6 Å². The molecule has 138 valence electrons. The molecule has 0 saturated carbocycles. The van der Waals surface area contributed by atoms with Gasteiger partial charge in [-0.05, 0) is 19.3 Å². The van der Waals surface area contributed by atoms with E-state index in [1.807, 2.05) is 0 Å². The van der Waals surface area contributed by atoms with Gasteiger partial charge in [0.1, 0.15) is 6.61 Å². The lowest BCUT2D eigenvalue weighted by atomic mass is 9.95. The molecule has 3 aliphatic heterocycles. The Balaban J connectivity index is 1.46. The number of amides is 1. The molecule has 1 amide bonds. The van der Waals surface area contributed by atoms with E-state index in [4.69, 9.17) is 4.74 Å². The van der Waals surface area contributed by atoms with Gasteiger partial charge in [-0.1, -0.05) is 0 Å². The Morgan fingerprint density at radius 3 is 2.46 bits per heavy atom. The molecule has 11 heteroatoms. The molecule has 3 heterocycles. The van der Waals surface area contributed by atoms with Crippen LogP contribution < -0.4 is 0 Å². The standard InChI is InChI=1S/C13H19F3N2O4S2/c14-13(15,16)24(20,21)18-8-12(9-18)5-10(7-23-12)22-6-11(19)17-3-1-2-4-17/h10H,1-9H2/t10-/m1/s1. The van der Waals surface area contributed by atoms with Crippen LogP contribution in [0, 0.1) is 0 Å². The number of carbonyl (C=O) groups is 1. The predicted octanol–water partition coefficient (Wildman–Crippen LogP) is 1.03. The van der Waals surface area contributed by atoms with Gasteiger partial charge < -0.3 is 9.64 Å². The van der Waals surface area contributed by atoms with Gasteiger partial charge in [-0.2, -0.15) is 17.5 Å². The summed E-state index contributed by atoms with van der Waals surface area (Å²) in [4.78, 5) is 13.7. The van der Waals surface area contributed by atoms with Gasteiger partial charge in [0.25, 0.3) is 0 Å². The van der Waals surface area contributed by atoms with Gasteiger partial charge in [0.15, 0.2) is 0 Å². The van der Waals surface area contributed by atoms with E-state index >= 15 is 0 Å². The summed E-state index contributed by atoms with van der Waals surface area (Å²) < 4.78 is 65.7. The summed E-state index contributed by atoms with van der Waals surface area (Å²) in [6.45, 7) is 1.16. The first-order valence-electron chi connectivity index (χ1n) is 7.73. The predicted molar refractivity (Wildman–Crippen MR) is 81.9 cm³/mol. The molecule has 3 fully saturated rings. The van der Waals surface area contributed by atoms with Crippen molar-refractivity contribution in [3.8, 4) is 0 Å². The van der Waals surface area contributed by atoms with Gasteiger partial charge in [-0.3, -0.25) is 4.79 Å². The van der Waals surface area contributed by atoms with Gasteiger partial charge in [-0.25, -0.2) is 8.42 Å². The number of sulfonamides is 1. The van der Waals surface area contributed by atoms with Crippen molar-refractivity contribution in [2.75, 3.05) is 38.5 Å². The molecule has 0 unspecified atom stereocenters. The highest BCUT2D eigenvalue weighted by Crippen LogP contribution is 2.48. The molecule has 0 aromatic heterocycles. The average Bonchev–Trinajstić information content (AvgIpc) is 3.11. The van der Waals surface area contributed by atoms with Gasteiger partial charge in [0.2, 0.25) is 5.91 Å². The summed E-state index contributed by atoms with van der Waals surface area (Å²) in [5.74, 6) is 0.501. The van der Waals surface area contributed by atoms with Crippen LogP contribution in [0.2, 0.25) is 0 Å². The molecule has 0 aliphatic carbocycles. The summed E-state index contributed by atoms with van der Waals surface area (Å²) in [7, 11) is -5.24. The van der Waals surface area contributed by atoms with Crippen molar-refractivity contribution in [2.24, 2.45) is 0 Å². The molecule has 0 N–H and O–H groups in total. The van der Waals surface area contributed by atoms with Crippen molar-refractivity contribution >= 4 is 27.7 Å². The Morgan fingerprint density at radius 2 is 1.88 bits per heavy atom. The van der Waals surface area contributed by atoms with Gasteiger partial charge in [0.05, 0.1) is 6.10 Å². The van der Waals surface area contributed by atoms with Crippen molar-refractivity contribution in [1.82, 2.24) is 9.21 Å². The minimum atomic E-state index is -5.25. The van der Waals surface area contributed by atoms with Crippen molar-refractivity contribution in [3.63, 3.8) is 0 Å². The van der Waals surface area contributed by atoms with Crippen LogP contribution in [0.4, 0.5) is 13.2 Å². The monoisotopic (exact) mass is 388 g/mol. The highest BCUT2D eigenvalue weighted by atomic mass is 32.2. The fourth-order valence-electron chi connectivity index (χ4n) is 3.29. The van der Waals surface area contributed by atoms with Crippen molar-refractivity contribution in [1.29, 1.82) is 0 Å². The minimum absolute atomic E-state index is 0.0220. The molecular formula is C13H19F3N2O4S2. The number of nitrogens with zero attached hydrogens (tertiary/aromatic N) is 2. The second-order valence-electron chi connectivity index (χ2n) is 6.44. The molecule has 1 atom stereocenters. The largest absolute Gasteiger partial charge is 0.511 e. The van der Waals surface area contributed by atoms with E-state index in [9.17, 15) is 26.4 Å². The number of hydrogen-bond donors (Lipinski definition) is 0. The zero-order valence-electron chi connectivity index (χ0n) is 12.9. The lowest BCUT2D eigenvalue weighted by Crippen LogP contribution is -2.62. The number of carbonyl (C=O) groups excluding carboxylic acids is 1. The Labute approximate surface area is 142 Å². The van der Waals surface area contributed by atoms with Crippen molar-refractivity contribution < 1.29 is 31.1 Å². The second-order valence-corrected chi connectivity index (χ2v) is 9.86. The summed E-state index contributed by atoms with van der Waals surface area (Å²) >= 11 is 1.43. The van der Waals surface area contributed by atoms with E-state index in [0.717, 1.165) is 25.9 Å². The minimum Gasteiger partial charge on any atom is -0.367 e. The fraction of sp³-hybridized carbons (Fsp3) is 0.923. The van der Waals surface area contributed by atoms with Crippen LogP contribution in [0.25, 0.3) is 0 Å². The zero-order valence-corrected chi connectivity index (χ0v) is 14.6. The summed E-state index contributed by atoms with van der Waals surface area (Å²) in [6.07, 6.45) is 2.24. The van der Waals surface area contributed by atoms with Crippen LogP contribution in [0.3, 0.4) is 0 Å². The topological polar surface area (TPSA) is 66.9 Å². The summed E-state index contributed by atoms with van der Waals surface area (Å²) in [5, 5.41) is 0. The molecule has 1 spiro atoms. The molecule has 3 aliphatic rings. The Hall–Kier alpha value is -0.520. The lowest BCUT2D eigenvalue weighted by molar-refractivity contribution is -0.136. The molecule has 0 aromatic carbocycles. The van der Waals surface area contributed by atoms with Gasteiger partial charge in [-0.15, -0.1) is 11.8 Å². The van der Waals surface area contributed by atoms with Gasteiger partial charge in [0, 0.05) is 36.7 Å². The quantitative estimate of drug-likeness (QED) is 0.720. The first kappa shape index (κ1) is 18.3. The van der Waals surface area contributed by atoms with Crippen molar-refractivity contribution in [3.05, 3.63) is 0 Å². The molecule has 0 bridgehead atoms. The van der Waals surface area contributed by atoms with Crippen LogP contribution in [-0.4, -0.2) is 78.4 Å². The van der Waals surface area contributed by atoms with Crippen LogP contribution in [0.5, 0.6) is 0 Å². The van der Waals surface area contributed by atoms with E-state index in [1.54, 1.807) is 4.90 Å². The highest BCUT2D eigenvalue weighted by molar-refractivity contribution is 8.01. The van der Waals surface area contributed by atoms with Crippen LogP contribution in [0.1, 0.15) is 19.3 Å². The van der Waals surface area contributed by atoms with E-state index in [-0.39, 0.29) is 31.7 Å². The SMILES string of the molecule is O=C(CO[C@H]1CSC2(C1)CN(S(=O)(=O)C(F)(F)F)C2)N1CCCC1. The molecule has 6 nitrogen and oxygen atoms in total. The number of likely N-dealkylation sites (tertiary alicyclic amines) is 1. The Bertz CT molecular complexity index is 599. The normalized spacial score (nSPS) is 27.6. The van der Waals surface area contributed by atoms with Crippen LogP contribution >= 0.6 is 11.8 Å². The lowest BCUT2D eigenvalue weighted by Gasteiger charge is -2.46. The summed E-state index contributed by atoms with van der Waals surface area (Å²) in [6, 6.07) is 0. The Kier molecular flexibility index (Phi) is 4.82. The molecule has 3 rings (SSSR count). The van der Waals surface area contributed by atoms with Crippen molar-refractivity contribution in [2.45, 2.75) is 35.6 Å². The maximum absolute atomic E-state index is 12.5. The molecule has 24 heavy (non-hydrogen) atoms. The number of rotatable bonds is 4. The molecule has 0 radical (unpaired) electrons. The highest BCUT2D eigenvalue weighted by Gasteiger charge is 2.60. The van der Waals surface area contributed by atoms with E-state index < -0.39 is 20.3 Å². The average molecular weight is 388 g/mol. The number of alkyl halides is 3. The molecule has 0 aromatic rings. The smallest absolute Gasteiger partial charge is 0.367 e. The maximum Gasteiger partial charge on any atom is 0.511 e. The molecule has 3 saturated heterocycles. The zero-order chi connectivity index (χ0) is 17.6. The maximum atomic E-state index is 12.5. The van der Waals surface area contributed by atoms with Crippen LogP contribution in [0.15, 0.2) is 0 Å². The second kappa shape index (κ2) is 6.33. The fourth-order valence-corrected chi connectivity index (χ4v) is 6.13. The van der Waals surface area contributed by atoms with Gasteiger partial charge >= 0.3 is 15.5 Å². The van der Waals surface area contributed by atoms with E-state index in [1.165, 1.54) is 11.8 Å². The number of hydrogen-bond acceptors (Lipinski definition) is 5.